The van der Waals surface area contributed by atoms with Crippen LogP contribution in [0.1, 0.15) is 11.1 Å². The largest absolute Gasteiger partial charge is 0.491 e. The minimum atomic E-state index is -0.0174. The summed E-state index contributed by atoms with van der Waals surface area (Å²) in [5, 5.41) is 4.65. The molecule has 0 spiro atoms. The summed E-state index contributed by atoms with van der Waals surface area (Å²) in [5.41, 5.74) is 3.02. The highest BCUT2D eigenvalue weighted by molar-refractivity contribution is 6.30. The second-order valence-electron chi connectivity index (χ2n) is 5.64. The van der Waals surface area contributed by atoms with Crippen molar-refractivity contribution in [3.63, 3.8) is 0 Å². The van der Waals surface area contributed by atoms with Crippen LogP contribution in [0.3, 0.4) is 0 Å². The fourth-order valence-electron chi connectivity index (χ4n) is 2.64. The lowest BCUT2D eigenvalue weighted by molar-refractivity contribution is -0.120. The van der Waals surface area contributed by atoms with E-state index in [1.165, 1.54) is 0 Å². The van der Waals surface area contributed by atoms with Crippen molar-refractivity contribution >= 4 is 28.4 Å². The average molecular weight is 343 g/mol. The van der Waals surface area contributed by atoms with E-state index in [9.17, 15) is 4.79 Å². The molecular weight excluding hydrogens is 324 g/mol. The Morgan fingerprint density at radius 3 is 2.92 bits per heavy atom. The lowest BCUT2D eigenvalue weighted by Crippen LogP contribution is -2.29. The zero-order valence-corrected chi connectivity index (χ0v) is 14.2. The van der Waals surface area contributed by atoms with Crippen molar-refractivity contribution in [1.29, 1.82) is 0 Å². The molecule has 0 radical (unpaired) electrons. The maximum atomic E-state index is 12.1. The van der Waals surface area contributed by atoms with E-state index in [4.69, 9.17) is 16.3 Å². The number of amides is 1. The number of nitrogens with one attached hydrogen (secondary N) is 2. The van der Waals surface area contributed by atoms with Crippen LogP contribution in [0.25, 0.3) is 10.9 Å². The summed E-state index contributed by atoms with van der Waals surface area (Å²) in [6, 6.07) is 13.4. The first-order chi connectivity index (χ1) is 11.6. The van der Waals surface area contributed by atoms with E-state index in [-0.39, 0.29) is 5.91 Å². The maximum Gasteiger partial charge on any atom is 0.224 e. The molecule has 0 fully saturated rings. The Labute approximate surface area is 145 Å². The molecule has 1 amide bonds. The summed E-state index contributed by atoms with van der Waals surface area (Å²) in [5.74, 6) is 0.765. The minimum Gasteiger partial charge on any atom is -0.491 e. The van der Waals surface area contributed by atoms with Gasteiger partial charge in [-0.05, 0) is 42.3 Å². The molecule has 0 saturated heterocycles. The number of benzene rings is 2. The van der Waals surface area contributed by atoms with E-state index < -0.39 is 0 Å². The SMILES string of the molecule is Cc1cc(Cl)ccc1OCCNC(=O)Cc1c[nH]c2ccccc12. The van der Waals surface area contributed by atoms with Gasteiger partial charge in [0.05, 0.1) is 13.0 Å². The third-order valence-corrected chi connectivity index (χ3v) is 4.08. The Morgan fingerprint density at radius 1 is 1.25 bits per heavy atom. The molecule has 0 atom stereocenters. The third kappa shape index (κ3) is 3.89. The van der Waals surface area contributed by atoms with Crippen LogP contribution in [-0.2, 0) is 11.2 Å². The van der Waals surface area contributed by atoms with Crippen LogP contribution in [-0.4, -0.2) is 24.0 Å². The van der Waals surface area contributed by atoms with E-state index in [2.05, 4.69) is 10.3 Å². The molecule has 0 saturated carbocycles. The highest BCUT2D eigenvalue weighted by Crippen LogP contribution is 2.21. The second kappa shape index (κ2) is 7.41. The minimum absolute atomic E-state index is 0.0174. The lowest BCUT2D eigenvalue weighted by Gasteiger charge is -2.10. The number of hydrogen-bond acceptors (Lipinski definition) is 2. The molecule has 4 nitrogen and oxygen atoms in total. The number of rotatable bonds is 6. The molecule has 0 aliphatic heterocycles. The zero-order valence-electron chi connectivity index (χ0n) is 13.4. The number of hydrogen-bond donors (Lipinski definition) is 2. The summed E-state index contributed by atoms with van der Waals surface area (Å²) in [4.78, 5) is 15.3. The van der Waals surface area contributed by atoms with Gasteiger partial charge in [-0.3, -0.25) is 4.79 Å². The van der Waals surface area contributed by atoms with E-state index in [0.29, 0.717) is 24.6 Å². The van der Waals surface area contributed by atoms with Crippen molar-refractivity contribution in [3.8, 4) is 5.75 Å². The summed E-state index contributed by atoms with van der Waals surface area (Å²) in [7, 11) is 0. The zero-order chi connectivity index (χ0) is 16.9. The highest BCUT2D eigenvalue weighted by Gasteiger charge is 2.08. The monoisotopic (exact) mass is 342 g/mol. The van der Waals surface area contributed by atoms with Crippen LogP contribution < -0.4 is 10.1 Å². The third-order valence-electron chi connectivity index (χ3n) is 3.84. The standard InChI is InChI=1S/C19H19ClN2O2/c1-13-10-15(20)6-7-18(13)24-9-8-21-19(23)11-14-12-22-17-5-3-2-4-16(14)17/h2-7,10,12,22H,8-9,11H2,1H3,(H,21,23). The van der Waals surface area contributed by atoms with Gasteiger partial charge in [0.1, 0.15) is 12.4 Å². The highest BCUT2D eigenvalue weighted by atomic mass is 35.5. The molecular formula is C19H19ClN2O2. The van der Waals surface area contributed by atoms with E-state index in [0.717, 1.165) is 27.8 Å². The molecule has 124 valence electrons. The summed E-state index contributed by atoms with van der Waals surface area (Å²) in [6.45, 7) is 2.82. The van der Waals surface area contributed by atoms with Crippen LogP contribution >= 0.6 is 11.6 Å². The molecule has 1 aromatic heterocycles. The maximum absolute atomic E-state index is 12.1. The molecule has 0 bridgehead atoms. The van der Waals surface area contributed by atoms with Crippen molar-refractivity contribution in [1.82, 2.24) is 10.3 Å². The van der Waals surface area contributed by atoms with Crippen LogP contribution in [0.2, 0.25) is 5.02 Å². The van der Waals surface area contributed by atoms with E-state index in [1.54, 1.807) is 6.07 Å². The van der Waals surface area contributed by atoms with Gasteiger partial charge in [0, 0.05) is 22.1 Å². The summed E-state index contributed by atoms with van der Waals surface area (Å²) < 4.78 is 5.67. The van der Waals surface area contributed by atoms with Crippen molar-refractivity contribution in [2.24, 2.45) is 0 Å². The molecule has 2 N–H and O–H groups in total. The quantitative estimate of drug-likeness (QED) is 0.668. The Bertz CT molecular complexity index is 857. The molecule has 24 heavy (non-hydrogen) atoms. The fourth-order valence-corrected chi connectivity index (χ4v) is 2.87. The molecule has 5 heteroatoms. The summed E-state index contributed by atoms with van der Waals surface area (Å²) >= 11 is 5.91. The number of fused-ring (bicyclic) bond motifs is 1. The molecule has 3 rings (SSSR count). The molecule has 0 aliphatic rings. The lowest BCUT2D eigenvalue weighted by atomic mass is 10.1. The van der Waals surface area contributed by atoms with Gasteiger partial charge in [-0.2, -0.15) is 0 Å². The van der Waals surface area contributed by atoms with Crippen LogP contribution in [0.15, 0.2) is 48.7 Å². The molecule has 2 aromatic carbocycles. The van der Waals surface area contributed by atoms with Crippen molar-refractivity contribution in [3.05, 3.63) is 64.8 Å². The van der Waals surface area contributed by atoms with Crippen LogP contribution in [0.4, 0.5) is 0 Å². The van der Waals surface area contributed by atoms with Gasteiger partial charge in [0.15, 0.2) is 0 Å². The van der Waals surface area contributed by atoms with Gasteiger partial charge in [0.2, 0.25) is 5.91 Å². The number of carbonyl (C=O) groups excluding carboxylic acids is 1. The predicted octanol–water partition coefficient (Wildman–Crippen LogP) is 3.87. The van der Waals surface area contributed by atoms with Crippen LogP contribution in [0, 0.1) is 6.92 Å². The number of H-pyrrole nitrogens is 1. The van der Waals surface area contributed by atoms with E-state index >= 15 is 0 Å². The molecule has 0 aliphatic carbocycles. The number of ether oxygens (including phenoxy) is 1. The Balaban J connectivity index is 1.47. The normalized spacial score (nSPS) is 10.8. The number of aryl methyl sites for hydroxylation is 1. The van der Waals surface area contributed by atoms with E-state index in [1.807, 2.05) is 49.5 Å². The predicted molar refractivity (Wildman–Crippen MR) is 96.7 cm³/mol. The van der Waals surface area contributed by atoms with Gasteiger partial charge in [-0.1, -0.05) is 29.8 Å². The molecule has 0 unspecified atom stereocenters. The Kier molecular flexibility index (Phi) is 5.06. The molecule has 3 aromatic rings. The first-order valence-corrected chi connectivity index (χ1v) is 8.22. The molecule has 1 heterocycles. The second-order valence-corrected chi connectivity index (χ2v) is 6.08. The Morgan fingerprint density at radius 2 is 2.08 bits per heavy atom. The number of aromatic nitrogens is 1. The average Bonchev–Trinajstić information content (AvgIpc) is 2.96. The first kappa shape index (κ1) is 16.4. The topological polar surface area (TPSA) is 54.1 Å². The smallest absolute Gasteiger partial charge is 0.224 e. The Hall–Kier alpha value is -2.46. The number of aromatic amines is 1. The van der Waals surface area contributed by atoms with Crippen LogP contribution in [0.5, 0.6) is 5.75 Å². The number of para-hydroxylation sites is 1. The summed E-state index contributed by atoms with van der Waals surface area (Å²) in [6.07, 6.45) is 2.24. The van der Waals surface area contributed by atoms with Gasteiger partial charge in [-0.25, -0.2) is 0 Å². The van der Waals surface area contributed by atoms with Gasteiger partial charge < -0.3 is 15.0 Å². The van der Waals surface area contributed by atoms with Crippen molar-refractivity contribution < 1.29 is 9.53 Å². The van der Waals surface area contributed by atoms with Gasteiger partial charge in [0.25, 0.3) is 0 Å². The fraction of sp³-hybridized carbons (Fsp3) is 0.211. The van der Waals surface area contributed by atoms with Gasteiger partial charge >= 0.3 is 0 Å². The van der Waals surface area contributed by atoms with Crippen molar-refractivity contribution in [2.45, 2.75) is 13.3 Å². The van der Waals surface area contributed by atoms with Crippen molar-refractivity contribution in [2.75, 3.05) is 13.2 Å². The number of halogens is 1. The first-order valence-electron chi connectivity index (χ1n) is 7.84. The number of carbonyl (C=O) groups is 1. The van der Waals surface area contributed by atoms with Gasteiger partial charge in [-0.15, -0.1) is 0 Å².